The Morgan fingerprint density at radius 2 is 1.86 bits per heavy atom. The molecule has 0 spiro atoms. The van der Waals surface area contributed by atoms with E-state index >= 15 is 0 Å². The van der Waals surface area contributed by atoms with Gasteiger partial charge in [0.25, 0.3) is 5.56 Å². The van der Waals surface area contributed by atoms with E-state index in [1.165, 1.54) is 12.1 Å². The van der Waals surface area contributed by atoms with Crippen LogP contribution in [0.15, 0.2) is 29.1 Å². The highest BCUT2D eigenvalue weighted by Crippen LogP contribution is 2.30. The van der Waals surface area contributed by atoms with Crippen LogP contribution in [0.25, 0.3) is 11.4 Å². The Hall–Kier alpha value is -2.15. The molecule has 0 unspecified atom stereocenters. The minimum atomic E-state index is -4.37. The van der Waals surface area contributed by atoms with E-state index in [1.54, 1.807) is 0 Å². The summed E-state index contributed by atoms with van der Waals surface area (Å²) >= 11 is 0. The van der Waals surface area contributed by atoms with E-state index in [9.17, 15) is 18.0 Å². The van der Waals surface area contributed by atoms with Crippen LogP contribution in [0.3, 0.4) is 0 Å². The van der Waals surface area contributed by atoms with Gasteiger partial charge in [-0.2, -0.15) is 13.2 Å². The first-order chi connectivity index (χ1) is 9.95. The number of fused-ring (bicyclic) bond motifs is 1. The molecule has 0 radical (unpaired) electrons. The van der Waals surface area contributed by atoms with Gasteiger partial charge in [-0.05, 0) is 12.1 Å². The maximum atomic E-state index is 12.5. The van der Waals surface area contributed by atoms with E-state index < -0.39 is 11.7 Å². The summed E-state index contributed by atoms with van der Waals surface area (Å²) in [4.78, 5) is 19.0. The average Bonchev–Trinajstić information content (AvgIpc) is 2.46. The van der Waals surface area contributed by atoms with E-state index in [2.05, 4.69) is 15.3 Å². The van der Waals surface area contributed by atoms with E-state index in [-0.39, 0.29) is 5.56 Å². The molecule has 0 saturated carbocycles. The monoisotopic (exact) mass is 295 g/mol. The molecule has 1 aliphatic rings. The SMILES string of the molecule is O=c1[nH]c(-c2ccc(C(F)(F)F)cc2)nc2c1CNCC2. The second-order valence-electron chi connectivity index (χ2n) is 4.84. The lowest BCUT2D eigenvalue weighted by Crippen LogP contribution is -2.31. The topological polar surface area (TPSA) is 57.8 Å². The number of alkyl halides is 3. The summed E-state index contributed by atoms with van der Waals surface area (Å²) in [6.07, 6.45) is -3.74. The number of H-pyrrole nitrogens is 1. The van der Waals surface area contributed by atoms with Crippen molar-refractivity contribution >= 4 is 0 Å². The second-order valence-corrected chi connectivity index (χ2v) is 4.84. The molecular weight excluding hydrogens is 283 g/mol. The van der Waals surface area contributed by atoms with Crippen LogP contribution in [0.5, 0.6) is 0 Å². The van der Waals surface area contributed by atoms with Crippen molar-refractivity contribution in [2.75, 3.05) is 6.54 Å². The fourth-order valence-corrected chi connectivity index (χ4v) is 2.31. The number of halogens is 3. The lowest BCUT2D eigenvalue weighted by molar-refractivity contribution is -0.137. The third-order valence-electron chi connectivity index (χ3n) is 3.43. The van der Waals surface area contributed by atoms with Crippen LogP contribution in [0.1, 0.15) is 16.8 Å². The van der Waals surface area contributed by atoms with Crippen molar-refractivity contribution < 1.29 is 13.2 Å². The Labute approximate surface area is 118 Å². The van der Waals surface area contributed by atoms with Crippen LogP contribution < -0.4 is 10.9 Å². The van der Waals surface area contributed by atoms with E-state index in [0.29, 0.717) is 35.6 Å². The number of nitrogens with one attached hydrogen (secondary N) is 2. The van der Waals surface area contributed by atoms with Gasteiger partial charge in [0, 0.05) is 25.1 Å². The molecule has 21 heavy (non-hydrogen) atoms. The van der Waals surface area contributed by atoms with Gasteiger partial charge in [0.1, 0.15) is 5.82 Å². The first-order valence-electron chi connectivity index (χ1n) is 6.45. The predicted octanol–water partition coefficient (Wildman–Crippen LogP) is 2.10. The Bertz CT molecular complexity index is 720. The Kier molecular flexibility index (Phi) is 3.29. The van der Waals surface area contributed by atoms with Gasteiger partial charge in [0.05, 0.1) is 16.8 Å². The molecule has 0 amide bonds. The van der Waals surface area contributed by atoms with Gasteiger partial charge >= 0.3 is 6.18 Å². The van der Waals surface area contributed by atoms with Crippen LogP contribution in [0.2, 0.25) is 0 Å². The van der Waals surface area contributed by atoms with Gasteiger partial charge in [-0.25, -0.2) is 4.98 Å². The standard InChI is InChI=1S/C14H12F3N3O/c15-14(16,17)9-3-1-8(2-4-9)12-19-11-5-6-18-7-10(11)13(21)20-12/h1-4,18H,5-7H2,(H,19,20,21). The number of benzene rings is 1. The first kappa shape index (κ1) is 13.8. The van der Waals surface area contributed by atoms with Gasteiger partial charge in [0.2, 0.25) is 0 Å². The minimum absolute atomic E-state index is 0.248. The molecule has 0 atom stereocenters. The summed E-state index contributed by atoms with van der Waals surface area (Å²) in [5.74, 6) is 0.300. The highest BCUT2D eigenvalue weighted by Gasteiger charge is 2.30. The molecule has 2 aromatic rings. The number of aromatic amines is 1. The smallest absolute Gasteiger partial charge is 0.312 e. The van der Waals surface area contributed by atoms with Crippen molar-refractivity contribution in [1.29, 1.82) is 0 Å². The van der Waals surface area contributed by atoms with E-state index in [1.807, 2.05) is 0 Å². The zero-order chi connectivity index (χ0) is 15.0. The van der Waals surface area contributed by atoms with Gasteiger partial charge in [-0.15, -0.1) is 0 Å². The quantitative estimate of drug-likeness (QED) is 0.847. The van der Waals surface area contributed by atoms with Gasteiger partial charge < -0.3 is 10.3 Å². The summed E-state index contributed by atoms with van der Waals surface area (Å²) < 4.78 is 37.6. The van der Waals surface area contributed by atoms with E-state index in [0.717, 1.165) is 18.7 Å². The van der Waals surface area contributed by atoms with E-state index in [4.69, 9.17) is 0 Å². The number of hydrogen-bond donors (Lipinski definition) is 2. The van der Waals surface area contributed by atoms with Crippen LogP contribution in [0.4, 0.5) is 13.2 Å². The highest BCUT2D eigenvalue weighted by atomic mass is 19.4. The van der Waals surface area contributed by atoms with Crippen molar-refractivity contribution in [3.8, 4) is 11.4 Å². The molecule has 0 saturated heterocycles. The third kappa shape index (κ3) is 2.69. The molecule has 1 aromatic heterocycles. The summed E-state index contributed by atoms with van der Waals surface area (Å²) in [6.45, 7) is 1.20. The fourth-order valence-electron chi connectivity index (χ4n) is 2.31. The molecule has 1 aromatic carbocycles. The molecule has 2 heterocycles. The third-order valence-corrected chi connectivity index (χ3v) is 3.43. The Morgan fingerprint density at radius 3 is 2.52 bits per heavy atom. The summed E-state index contributed by atoms with van der Waals surface area (Å²) in [6, 6.07) is 4.59. The molecule has 0 aliphatic carbocycles. The molecule has 1 aliphatic heterocycles. The lowest BCUT2D eigenvalue weighted by Gasteiger charge is -2.16. The molecule has 0 fully saturated rings. The van der Waals surface area contributed by atoms with Gasteiger partial charge in [0.15, 0.2) is 0 Å². The lowest BCUT2D eigenvalue weighted by atomic mass is 10.1. The normalized spacial score (nSPS) is 14.8. The van der Waals surface area contributed by atoms with Crippen molar-refractivity contribution in [3.05, 3.63) is 51.4 Å². The number of aromatic nitrogens is 2. The molecular formula is C14H12F3N3O. The van der Waals surface area contributed by atoms with Crippen molar-refractivity contribution in [2.45, 2.75) is 19.1 Å². The Balaban J connectivity index is 2.01. The van der Waals surface area contributed by atoms with Crippen molar-refractivity contribution in [2.24, 2.45) is 0 Å². The summed E-state index contributed by atoms with van der Waals surface area (Å²) in [7, 11) is 0. The molecule has 110 valence electrons. The fraction of sp³-hybridized carbons (Fsp3) is 0.286. The molecule has 0 bridgehead atoms. The summed E-state index contributed by atoms with van der Waals surface area (Å²) in [5, 5.41) is 3.08. The highest BCUT2D eigenvalue weighted by molar-refractivity contribution is 5.56. The maximum absolute atomic E-state index is 12.5. The summed E-state index contributed by atoms with van der Waals surface area (Å²) in [5.41, 5.74) is 0.781. The molecule has 4 nitrogen and oxygen atoms in total. The number of hydrogen-bond acceptors (Lipinski definition) is 3. The number of rotatable bonds is 1. The molecule has 7 heteroatoms. The zero-order valence-corrected chi connectivity index (χ0v) is 10.9. The van der Waals surface area contributed by atoms with Crippen LogP contribution >= 0.6 is 0 Å². The maximum Gasteiger partial charge on any atom is 0.416 e. The largest absolute Gasteiger partial charge is 0.416 e. The van der Waals surface area contributed by atoms with Crippen LogP contribution in [-0.4, -0.2) is 16.5 Å². The van der Waals surface area contributed by atoms with Crippen LogP contribution in [0, 0.1) is 0 Å². The minimum Gasteiger partial charge on any atom is -0.312 e. The Morgan fingerprint density at radius 1 is 1.14 bits per heavy atom. The average molecular weight is 295 g/mol. The van der Waals surface area contributed by atoms with Crippen LogP contribution in [-0.2, 0) is 19.1 Å². The second kappa shape index (κ2) is 5.00. The molecule has 3 rings (SSSR count). The van der Waals surface area contributed by atoms with Crippen molar-refractivity contribution in [1.82, 2.24) is 15.3 Å². The predicted molar refractivity (Wildman–Crippen MR) is 70.7 cm³/mol. The molecule has 2 N–H and O–H groups in total. The number of nitrogens with zero attached hydrogens (tertiary/aromatic N) is 1. The first-order valence-corrected chi connectivity index (χ1v) is 6.45. The van der Waals surface area contributed by atoms with Gasteiger partial charge in [-0.3, -0.25) is 4.79 Å². The van der Waals surface area contributed by atoms with Crippen molar-refractivity contribution in [3.63, 3.8) is 0 Å². The zero-order valence-electron chi connectivity index (χ0n) is 10.9. The van der Waals surface area contributed by atoms with Gasteiger partial charge in [-0.1, -0.05) is 12.1 Å².